The number of rotatable bonds is 4. The minimum Gasteiger partial charge on any atom is -0.507 e. The molecule has 0 atom stereocenters. The Labute approximate surface area is 201 Å². The van der Waals surface area contributed by atoms with Crippen molar-refractivity contribution in [2.45, 2.75) is 24.1 Å². The van der Waals surface area contributed by atoms with Crippen LogP contribution >= 0.6 is 11.8 Å². The summed E-state index contributed by atoms with van der Waals surface area (Å²) in [5.41, 5.74) is 4.06. The first-order chi connectivity index (χ1) is 16.6. The number of thioether (sulfide) groups is 1. The van der Waals surface area contributed by atoms with Gasteiger partial charge in [0.15, 0.2) is 5.82 Å². The third-order valence-electron chi connectivity index (χ3n) is 5.86. The minimum atomic E-state index is 0.166. The molecule has 2 heterocycles. The van der Waals surface area contributed by atoms with Crippen molar-refractivity contribution in [2.75, 3.05) is 0 Å². The second-order valence-corrected chi connectivity index (χ2v) is 10.2. The third kappa shape index (κ3) is 3.58. The summed E-state index contributed by atoms with van der Waals surface area (Å²) >= 11 is 1.67. The van der Waals surface area contributed by atoms with E-state index in [1.807, 2.05) is 30.3 Å². The highest BCUT2D eigenvalue weighted by Crippen LogP contribution is 2.37. The van der Waals surface area contributed by atoms with Gasteiger partial charge in [-0.05, 0) is 47.2 Å². The van der Waals surface area contributed by atoms with Crippen LogP contribution < -0.4 is 0 Å². The van der Waals surface area contributed by atoms with Crippen molar-refractivity contribution in [1.82, 2.24) is 9.97 Å². The molecule has 0 aliphatic rings. The lowest BCUT2D eigenvalue weighted by molar-refractivity contribution is 0.477. The first-order valence-corrected chi connectivity index (χ1v) is 12.1. The maximum atomic E-state index is 10.4. The van der Waals surface area contributed by atoms with E-state index in [1.54, 1.807) is 23.9 Å². The van der Waals surface area contributed by atoms with Gasteiger partial charge in [-0.1, -0.05) is 62.4 Å². The molecule has 0 spiro atoms. The quantitative estimate of drug-likeness (QED) is 0.212. The molecule has 0 saturated heterocycles. The normalized spacial score (nSPS) is 11.7. The van der Waals surface area contributed by atoms with Gasteiger partial charge >= 0.3 is 0 Å². The van der Waals surface area contributed by atoms with Crippen LogP contribution in [-0.2, 0) is 0 Å². The van der Waals surface area contributed by atoms with Crippen LogP contribution in [0, 0.1) is 0 Å². The van der Waals surface area contributed by atoms with Crippen LogP contribution in [0.4, 0.5) is 0 Å². The van der Waals surface area contributed by atoms with Gasteiger partial charge in [-0.2, -0.15) is 0 Å². The van der Waals surface area contributed by atoms with E-state index in [1.165, 1.54) is 10.8 Å². The number of aromatic hydroxyl groups is 1. The van der Waals surface area contributed by atoms with Gasteiger partial charge in [-0.3, -0.25) is 0 Å². The van der Waals surface area contributed by atoms with E-state index in [2.05, 4.69) is 56.3 Å². The molecule has 0 fully saturated rings. The van der Waals surface area contributed by atoms with Gasteiger partial charge in [0, 0.05) is 21.6 Å². The summed E-state index contributed by atoms with van der Waals surface area (Å²) in [6, 6.07) is 27.9. The molecule has 4 nitrogen and oxygen atoms in total. The molecule has 2 aromatic heterocycles. The predicted octanol–water partition coefficient (Wildman–Crippen LogP) is 8.07. The molecule has 0 amide bonds. The molecule has 166 valence electrons. The highest BCUT2D eigenvalue weighted by Gasteiger charge is 2.15. The first kappa shape index (κ1) is 20.8. The van der Waals surface area contributed by atoms with Gasteiger partial charge in [-0.25, -0.2) is 9.97 Å². The second kappa shape index (κ2) is 8.19. The molecular weight excluding hydrogens is 440 g/mol. The number of fused-ring (bicyclic) bond motifs is 5. The Morgan fingerprint density at radius 2 is 1.62 bits per heavy atom. The zero-order valence-corrected chi connectivity index (χ0v) is 19.6. The number of hydrogen-bond donors (Lipinski definition) is 1. The van der Waals surface area contributed by atoms with Crippen LogP contribution in [0.2, 0.25) is 0 Å². The molecule has 34 heavy (non-hydrogen) atoms. The van der Waals surface area contributed by atoms with Crippen molar-refractivity contribution < 1.29 is 9.52 Å². The van der Waals surface area contributed by atoms with E-state index in [-0.39, 0.29) is 5.75 Å². The van der Waals surface area contributed by atoms with E-state index in [4.69, 9.17) is 14.4 Å². The van der Waals surface area contributed by atoms with Crippen LogP contribution in [0.1, 0.15) is 13.8 Å². The molecule has 0 bridgehead atoms. The summed E-state index contributed by atoms with van der Waals surface area (Å²) in [5, 5.41) is 16.2. The average Bonchev–Trinajstić information content (AvgIpc) is 3.22. The predicted molar refractivity (Wildman–Crippen MR) is 140 cm³/mol. The monoisotopic (exact) mass is 462 g/mol. The Bertz CT molecular complexity index is 1690. The highest BCUT2D eigenvalue weighted by atomic mass is 32.2. The number of para-hydroxylation sites is 1. The summed E-state index contributed by atoms with van der Waals surface area (Å²) < 4.78 is 6.26. The van der Waals surface area contributed by atoms with Crippen molar-refractivity contribution in [2.24, 2.45) is 0 Å². The summed E-state index contributed by atoms with van der Waals surface area (Å²) in [6.07, 6.45) is 0. The number of phenols is 1. The molecule has 0 saturated carbocycles. The van der Waals surface area contributed by atoms with Crippen molar-refractivity contribution in [3.8, 4) is 28.4 Å². The Morgan fingerprint density at radius 1 is 0.794 bits per heavy atom. The SMILES string of the molecule is CC(C)Sc1cc(-c2ccc3c(c2)oc2ccc4ccccc4c23)nc(-c2ccccc2O)n1. The minimum absolute atomic E-state index is 0.166. The Morgan fingerprint density at radius 3 is 2.47 bits per heavy atom. The molecule has 0 aliphatic carbocycles. The number of hydrogen-bond acceptors (Lipinski definition) is 5. The van der Waals surface area contributed by atoms with Crippen molar-refractivity contribution in [3.05, 3.63) is 84.9 Å². The lowest BCUT2D eigenvalue weighted by Crippen LogP contribution is -1.97. The van der Waals surface area contributed by atoms with E-state index >= 15 is 0 Å². The fraction of sp³-hybridized carbons (Fsp3) is 0.103. The molecule has 6 rings (SSSR count). The largest absolute Gasteiger partial charge is 0.507 e. The van der Waals surface area contributed by atoms with Gasteiger partial charge in [0.2, 0.25) is 0 Å². The van der Waals surface area contributed by atoms with Gasteiger partial charge in [-0.15, -0.1) is 11.8 Å². The van der Waals surface area contributed by atoms with Crippen molar-refractivity contribution in [1.29, 1.82) is 0 Å². The Kier molecular flexibility index (Phi) is 5.00. The first-order valence-electron chi connectivity index (χ1n) is 11.3. The zero-order valence-electron chi connectivity index (χ0n) is 18.8. The molecule has 1 N–H and O–H groups in total. The van der Waals surface area contributed by atoms with Crippen LogP contribution in [-0.4, -0.2) is 20.3 Å². The van der Waals surface area contributed by atoms with E-state index in [0.29, 0.717) is 16.6 Å². The smallest absolute Gasteiger partial charge is 0.164 e. The summed E-state index contributed by atoms with van der Waals surface area (Å²) in [7, 11) is 0. The fourth-order valence-corrected chi connectivity index (χ4v) is 5.17. The second-order valence-electron chi connectivity index (χ2n) is 8.57. The number of phenolic OH excluding ortho intramolecular Hbond substituents is 1. The third-order valence-corrected chi connectivity index (χ3v) is 6.78. The molecule has 0 radical (unpaired) electrons. The zero-order chi connectivity index (χ0) is 23.2. The maximum absolute atomic E-state index is 10.4. The van der Waals surface area contributed by atoms with E-state index in [0.717, 1.165) is 38.2 Å². The molecular formula is C29H22N2O2S. The van der Waals surface area contributed by atoms with Crippen molar-refractivity contribution in [3.63, 3.8) is 0 Å². The number of nitrogens with zero attached hydrogens (tertiary/aromatic N) is 2. The summed E-state index contributed by atoms with van der Waals surface area (Å²) in [5.74, 6) is 0.675. The number of furan rings is 1. The standard InChI is InChI=1S/C29H22N2O2S/c1-17(2)34-27-16-23(30-29(31-27)21-9-5-6-10-24(21)32)19-11-13-22-26(15-19)33-25-14-12-18-7-3-4-8-20(18)28(22)25/h3-17,32H,1-2H3. The molecule has 6 aromatic rings. The molecule has 4 aromatic carbocycles. The lowest BCUT2D eigenvalue weighted by atomic mass is 10.0. The highest BCUT2D eigenvalue weighted by molar-refractivity contribution is 7.99. The van der Waals surface area contributed by atoms with Crippen LogP contribution in [0.3, 0.4) is 0 Å². The lowest BCUT2D eigenvalue weighted by Gasteiger charge is -2.11. The summed E-state index contributed by atoms with van der Waals surface area (Å²) in [4.78, 5) is 9.56. The van der Waals surface area contributed by atoms with E-state index < -0.39 is 0 Å². The molecule has 0 aliphatic heterocycles. The van der Waals surface area contributed by atoms with Crippen LogP contribution in [0.5, 0.6) is 5.75 Å². The molecule has 0 unspecified atom stereocenters. The van der Waals surface area contributed by atoms with Gasteiger partial charge in [0.1, 0.15) is 21.9 Å². The summed E-state index contributed by atoms with van der Waals surface area (Å²) in [6.45, 7) is 4.27. The van der Waals surface area contributed by atoms with Crippen LogP contribution in [0.25, 0.3) is 55.4 Å². The average molecular weight is 463 g/mol. The number of aromatic nitrogens is 2. The van der Waals surface area contributed by atoms with Gasteiger partial charge in [0.05, 0.1) is 11.3 Å². The Balaban J connectivity index is 1.54. The molecule has 5 heteroatoms. The maximum Gasteiger partial charge on any atom is 0.164 e. The van der Waals surface area contributed by atoms with Crippen molar-refractivity contribution >= 4 is 44.5 Å². The van der Waals surface area contributed by atoms with Gasteiger partial charge < -0.3 is 9.52 Å². The van der Waals surface area contributed by atoms with Crippen LogP contribution in [0.15, 0.2) is 94.4 Å². The Hall–Kier alpha value is -3.83. The topological polar surface area (TPSA) is 59.2 Å². The van der Waals surface area contributed by atoms with Gasteiger partial charge in [0.25, 0.3) is 0 Å². The van der Waals surface area contributed by atoms with E-state index in [9.17, 15) is 5.11 Å². The number of benzene rings is 4. The fourth-order valence-electron chi connectivity index (χ4n) is 4.36.